The van der Waals surface area contributed by atoms with E-state index in [1.165, 1.54) is 30.6 Å². The first-order valence-electron chi connectivity index (χ1n) is 9.72. The lowest BCUT2D eigenvalue weighted by Crippen LogP contribution is -2.22. The average molecular weight is 477 g/mol. The molecule has 3 aromatic rings. The van der Waals surface area contributed by atoms with E-state index in [4.69, 9.17) is 14.2 Å². The fourth-order valence-corrected chi connectivity index (χ4v) is 5.60. The summed E-state index contributed by atoms with van der Waals surface area (Å²) in [4.78, 5) is 29.1. The van der Waals surface area contributed by atoms with Gasteiger partial charge in [-0.15, -0.1) is 0 Å². The third-order valence-corrected chi connectivity index (χ3v) is 7.68. The highest BCUT2D eigenvalue weighted by atomic mass is 32.2. The number of carbonyl (C=O) groups is 2. The van der Waals surface area contributed by atoms with E-state index in [1.807, 2.05) is 0 Å². The number of fused-ring (bicyclic) bond motifs is 2. The van der Waals surface area contributed by atoms with Gasteiger partial charge in [0, 0.05) is 18.6 Å². The number of benzene rings is 2. The van der Waals surface area contributed by atoms with E-state index in [0.717, 1.165) is 4.70 Å². The number of amides is 1. The molecule has 0 atom stereocenters. The van der Waals surface area contributed by atoms with Crippen LogP contribution in [0.1, 0.15) is 12.8 Å². The molecule has 0 N–H and O–H groups in total. The van der Waals surface area contributed by atoms with E-state index in [0.29, 0.717) is 21.8 Å². The lowest BCUT2D eigenvalue weighted by molar-refractivity contribution is -0.141. The van der Waals surface area contributed by atoms with Gasteiger partial charge in [0.1, 0.15) is 6.54 Å². The molecule has 0 fully saturated rings. The van der Waals surface area contributed by atoms with Gasteiger partial charge in [-0.05, 0) is 18.6 Å². The summed E-state index contributed by atoms with van der Waals surface area (Å²) in [5.41, 5.74) is 0.655. The molecular formula is C21H20N2O7S2. The highest BCUT2D eigenvalue weighted by Crippen LogP contribution is 2.37. The second-order valence-electron chi connectivity index (χ2n) is 6.96. The van der Waals surface area contributed by atoms with Crippen molar-refractivity contribution in [1.29, 1.82) is 0 Å². The number of sulfone groups is 1. The number of ether oxygens (including phenoxy) is 3. The Hall–Kier alpha value is -3.18. The third-order valence-electron chi connectivity index (χ3n) is 4.82. The van der Waals surface area contributed by atoms with Gasteiger partial charge >= 0.3 is 5.97 Å². The van der Waals surface area contributed by atoms with Crippen LogP contribution in [0.25, 0.3) is 10.2 Å². The molecule has 0 saturated heterocycles. The zero-order chi connectivity index (χ0) is 22.7. The molecule has 0 saturated carbocycles. The SMILES string of the molecule is COC(=O)Cn1c(=NC(=O)CCCS(=O)(=O)c2ccccc2)sc2cc3c(cc21)OCO3. The summed E-state index contributed by atoms with van der Waals surface area (Å²) in [6.45, 7) is -0.0180. The van der Waals surface area contributed by atoms with Gasteiger partial charge < -0.3 is 18.8 Å². The van der Waals surface area contributed by atoms with Gasteiger partial charge in [-0.2, -0.15) is 4.99 Å². The maximum atomic E-state index is 12.5. The highest BCUT2D eigenvalue weighted by Gasteiger charge is 2.19. The van der Waals surface area contributed by atoms with Crippen molar-refractivity contribution in [3.05, 3.63) is 47.3 Å². The summed E-state index contributed by atoms with van der Waals surface area (Å²) in [7, 11) is -2.19. The molecule has 32 heavy (non-hydrogen) atoms. The van der Waals surface area contributed by atoms with Crippen molar-refractivity contribution < 1.29 is 32.2 Å². The van der Waals surface area contributed by atoms with Crippen LogP contribution < -0.4 is 14.3 Å². The average Bonchev–Trinajstić information content (AvgIpc) is 3.36. The number of hydrogen-bond donors (Lipinski definition) is 0. The summed E-state index contributed by atoms with van der Waals surface area (Å²) < 4.78 is 42.6. The first kappa shape index (κ1) is 22.0. The quantitative estimate of drug-likeness (QED) is 0.481. The molecule has 9 nitrogen and oxygen atoms in total. The van der Waals surface area contributed by atoms with Gasteiger partial charge in [-0.25, -0.2) is 8.42 Å². The van der Waals surface area contributed by atoms with Crippen molar-refractivity contribution in [2.24, 2.45) is 4.99 Å². The van der Waals surface area contributed by atoms with Crippen LogP contribution in [0.2, 0.25) is 0 Å². The minimum absolute atomic E-state index is 0.0404. The third kappa shape index (κ3) is 4.68. The molecule has 1 amide bonds. The van der Waals surface area contributed by atoms with Crippen molar-refractivity contribution in [1.82, 2.24) is 4.57 Å². The predicted octanol–water partition coefficient (Wildman–Crippen LogP) is 2.29. The van der Waals surface area contributed by atoms with E-state index in [9.17, 15) is 18.0 Å². The van der Waals surface area contributed by atoms with Crippen LogP contribution in [-0.2, 0) is 30.7 Å². The first-order chi connectivity index (χ1) is 15.4. The predicted molar refractivity (Wildman–Crippen MR) is 116 cm³/mol. The van der Waals surface area contributed by atoms with E-state index in [2.05, 4.69) is 4.99 Å². The second kappa shape index (κ2) is 9.13. The second-order valence-corrected chi connectivity index (χ2v) is 10.1. The summed E-state index contributed by atoms with van der Waals surface area (Å²) in [5, 5.41) is 0. The number of carbonyl (C=O) groups excluding carboxylic acids is 2. The zero-order valence-corrected chi connectivity index (χ0v) is 18.8. The van der Waals surface area contributed by atoms with Gasteiger partial charge in [0.05, 0.1) is 28.0 Å². The number of hydrogen-bond acceptors (Lipinski definition) is 8. The fourth-order valence-electron chi connectivity index (χ4n) is 3.21. The Morgan fingerprint density at radius 3 is 2.59 bits per heavy atom. The van der Waals surface area contributed by atoms with Crippen molar-refractivity contribution in [2.45, 2.75) is 24.3 Å². The molecule has 1 aliphatic rings. The Morgan fingerprint density at radius 2 is 1.88 bits per heavy atom. The van der Waals surface area contributed by atoms with Crippen molar-refractivity contribution in [3.8, 4) is 11.5 Å². The lowest BCUT2D eigenvalue weighted by atomic mass is 10.3. The van der Waals surface area contributed by atoms with Crippen LogP contribution in [-0.4, -0.2) is 44.5 Å². The van der Waals surface area contributed by atoms with Crippen LogP contribution in [0, 0.1) is 0 Å². The number of aromatic nitrogens is 1. The van der Waals surface area contributed by atoms with Crippen LogP contribution in [0.4, 0.5) is 0 Å². The van der Waals surface area contributed by atoms with Gasteiger partial charge in [0.2, 0.25) is 12.7 Å². The number of nitrogens with zero attached hydrogens (tertiary/aromatic N) is 2. The lowest BCUT2D eigenvalue weighted by Gasteiger charge is -2.05. The van der Waals surface area contributed by atoms with E-state index >= 15 is 0 Å². The Labute approximate surface area is 187 Å². The number of esters is 1. The Morgan fingerprint density at radius 1 is 1.16 bits per heavy atom. The van der Waals surface area contributed by atoms with Crippen LogP contribution in [0.3, 0.4) is 0 Å². The maximum Gasteiger partial charge on any atom is 0.325 e. The molecule has 4 rings (SSSR count). The smallest absolute Gasteiger partial charge is 0.325 e. The highest BCUT2D eigenvalue weighted by molar-refractivity contribution is 7.91. The Balaban J connectivity index is 1.56. The van der Waals surface area contributed by atoms with Gasteiger partial charge in [-0.1, -0.05) is 29.5 Å². The van der Waals surface area contributed by atoms with Gasteiger partial charge in [0.15, 0.2) is 26.1 Å². The molecule has 0 bridgehead atoms. The maximum absolute atomic E-state index is 12.5. The summed E-state index contributed by atoms with van der Waals surface area (Å²) >= 11 is 1.22. The minimum atomic E-state index is -3.47. The largest absolute Gasteiger partial charge is 0.468 e. The Bertz CT molecular complexity index is 1340. The normalized spacial score (nSPS) is 13.5. The molecule has 11 heteroatoms. The summed E-state index contributed by atoms with van der Waals surface area (Å²) in [5.74, 6) is -0.0107. The molecule has 0 unspecified atom stereocenters. The van der Waals surface area contributed by atoms with E-state index < -0.39 is 21.7 Å². The van der Waals surface area contributed by atoms with Crippen LogP contribution in [0.15, 0.2) is 52.4 Å². The van der Waals surface area contributed by atoms with Crippen LogP contribution >= 0.6 is 11.3 Å². The minimum Gasteiger partial charge on any atom is -0.468 e. The summed E-state index contributed by atoms with van der Waals surface area (Å²) in [6.07, 6.45) is 0.0959. The number of methoxy groups -OCH3 is 1. The standard InChI is InChI=1S/C21H20N2O7S2/c1-28-20(25)12-23-15-10-16-17(30-13-29-16)11-18(15)31-21(23)22-19(24)8-5-9-32(26,27)14-6-3-2-4-7-14/h2-4,6-7,10-11H,5,8-9,12-13H2,1H3. The molecule has 2 aromatic carbocycles. The number of thiazole rings is 1. The number of rotatable bonds is 7. The molecule has 1 aliphatic heterocycles. The summed E-state index contributed by atoms with van der Waals surface area (Å²) in [6, 6.07) is 11.6. The van der Waals surface area contributed by atoms with E-state index in [-0.39, 0.29) is 36.8 Å². The molecule has 0 radical (unpaired) electrons. The molecule has 168 valence electrons. The van der Waals surface area contributed by atoms with Crippen LogP contribution in [0.5, 0.6) is 11.5 Å². The van der Waals surface area contributed by atoms with Crippen molar-refractivity contribution >= 4 is 43.3 Å². The van der Waals surface area contributed by atoms with Crippen molar-refractivity contribution in [2.75, 3.05) is 19.7 Å². The van der Waals surface area contributed by atoms with Crippen molar-refractivity contribution in [3.63, 3.8) is 0 Å². The molecule has 1 aromatic heterocycles. The molecular weight excluding hydrogens is 456 g/mol. The zero-order valence-electron chi connectivity index (χ0n) is 17.1. The fraction of sp³-hybridized carbons (Fsp3) is 0.286. The van der Waals surface area contributed by atoms with E-state index in [1.54, 1.807) is 34.9 Å². The molecule has 0 spiro atoms. The molecule has 0 aliphatic carbocycles. The topological polar surface area (TPSA) is 113 Å². The molecule has 2 heterocycles. The first-order valence-corrected chi connectivity index (χ1v) is 12.2. The Kier molecular flexibility index (Phi) is 6.28. The van der Waals surface area contributed by atoms with Gasteiger partial charge in [-0.3, -0.25) is 9.59 Å². The monoisotopic (exact) mass is 476 g/mol. The van der Waals surface area contributed by atoms with Gasteiger partial charge in [0.25, 0.3) is 0 Å².